The summed E-state index contributed by atoms with van der Waals surface area (Å²) < 4.78 is 5.13. The summed E-state index contributed by atoms with van der Waals surface area (Å²) in [5, 5.41) is 0. The third kappa shape index (κ3) is 1.75. The second-order valence-electron chi connectivity index (χ2n) is 2.52. The Kier molecular flexibility index (Phi) is 3.08. The van der Waals surface area contributed by atoms with Gasteiger partial charge in [-0.05, 0) is 13.0 Å². The van der Waals surface area contributed by atoms with Crippen molar-refractivity contribution in [2.45, 2.75) is 13.0 Å². The molecule has 1 atom stereocenters. The topological polar surface area (TPSA) is 44.5 Å². The van der Waals surface area contributed by atoms with E-state index >= 15 is 0 Å². The smallest absolute Gasteiger partial charge is 0.124 e. The lowest BCUT2D eigenvalue weighted by Gasteiger charge is -2.12. The first-order chi connectivity index (χ1) is 5.79. The maximum absolute atomic E-state index is 5.13. The van der Waals surface area contributed by atoms with Crippen molar-refractivity contribution >= 4 is 0 Å². The van der Waals surface area contributed by atoms with E-state index < -0.39 is 0 Å². The van der Waals surface area contributed by atoms with Crippen LogP contribution in [0.1, 0.15) is 18.6 Å². The first kappa shape index (κ1) is 9.03. The van der Waals surface area contributed by atoms with Crippen molar-refractivity contribution in [3.63, 3.8) is 0 Å². The highest BCUT2D eigenvalue weighted by Gasteiger charge is 2.09. The Morgan fingerprint density at radius 1 is 1.33 bits per heavy atom. The molecular formula is C9H13NO2. The summed E-state index contributed by atoms with van der Waals surface area (Å²) >= 11 is 0. The van der Waals surface area contributed by atoms with Gasteiger partial charge in [-0.1, -0.05) is 18.2 Å². The number of hydrogen-bond donors (Lipinski definition) is 1. The third-order valence-electron chi connectivity index (χ3n) is 1.78. The minimum atomic E-state index is -0.138. The van der Waals surface area contributed by atoms with Crippen molar-refractivity contribution in [3.05, 3.63) is 29.8 Å². The van der Waals surface area contributed by atoms with Crippen LogP contribution in [0, 0.1) is 0 Å². The summed E-state index contributed by atoms with van der Waals surface area (Å²) in [6.07, 6.45) is -0.138. The van der Waals surface area contributed by atoms with Gasteiger partial charge in [0.1, 0.15) is 11.9 Å². The van der Waals surface area contributed by atoms with Crippen LogP contribution < -0.4 is 10.6 Å². The first-order valence-electron chi connectivity index (χ1n) is 3.78. The van der Waals surface area contributed by atoms with Crippen LogP contribution >= 0.6 is 0 Å². The molecule has 0 radical (unpaired) electrons. The van der Waals surface area contributed by atoms with Crippen molar-refractivity contribution in [1.29, 1.82) is 0 Å². The standard InChI is InChI=1S/C9H13NO2/c1-7(12-10)8-5-3-4-6-9(8)11-2/h3-7H,10H2,1-2H3. The van der Waals surface area contributed by atoms with Crippen LogP contribution in [-0.2, 0) is 4.84 Å². The average Bonchev–Trinajstić information content (AvgIpc) is 2.16. The molecule has 1 rings (SSSR count). The van der Waals surface area contributed by atoms with Crippen LogP contribution in [0.4, 0.5) is 0 Å². The molecule has 3 heteroatoms. The van der Waals surface area contributed by atoms with Gasteiger partial charge in [-0.15, -0.1) is 0 Å². The van der Waals surface area contributed by atoms with E-state index in [1.165, 1.54) is 0 Å². The molecule has 2 N–H and O–H groups in total. The van der Waals surface area contributed by atoms with E-state index in [9.17, 15) is 0 Å². The highest BCUT2D eigenvalue weighted by Crippen LogP contribution is 2.25. The Labute approximate surface area is 72.0 Å². The Balaban J connectivity index is 2.96. The largest absolute Gasteiger partial charge is 0.496 e. The van der Waals surface area contributed by atoms with E-state index in [2.05, 4.69) is 0 Å². The SMILES string of the molecule is COc1ccccc1C(C)ON. The summed E-state index contributed by atoms with van der Waals surface area (Å²) in [7, 11) is 1.63. The van der Waals surface area contributed by atoms with Gasteiger partial charge in [0.25, 0.3) is 0 Å². The number of benzene rings is 1. The lowest BCUT2D eigenvalue weighted by molar-refractivity contribution is 0.0646. The predicted molar refractivity (Wildman–Crippen MR) is 46.7 cm³/mol. The van der Waals surface area contributed by atoms with Crippen LogP contribution in [0.15, 0.2) is 24.3 Å². The Morgan fingerprint density at radius 2 is 2.00 bits per heavy atom. The molecule has 0 aromatic heterocycles. The highest BCUT2D eigenvalue weighted by atomic mass is 16.6. The molecule has 12 heavy (non-hydrogen) atoms. The van der Waals surface area contributed by atoms with Gasteiger partial charge in [-0.25, -0.2) is 5.90 Å². The van der Waals surface area contributed by atoms with E-state index in [1.807, 2.05) is 31.2 Å². The summed E-state index contributed by atoms with van der Waals surface area (Å²) in [5.74, 6) is 5.87. The fourth-order valence-corrected chi connectivity index (χ4v) is 1.08. The third-order valence-corrected chi connectivity index (χ3v) is 1.78. The molecule has 0 saturated heterocycles. The fourth-order valence-electron chi connectivity index (χ4n) is 1.08. The lowest BCUT2D eigenvalue weighted by Crippen LogP contribution is -2.06. The van der Waals surface area contributed by atoms with Gasteiger partial charge in [0.15, 0.2) is 0 Å². The van der Waals surface area contributed by atoms with Crippen molar-refractivity contribution < 1.29 is 9.57 Å². The number of hydrogen-bond acceptors (Lipinski definition) is 3. The second-order valence-corrected chi connectivity index (χ2v) is 2.52. The van der Waals surface area contributed by atoms with Crippen molar-refractivity contribution in [2.24, 2.45) is 5.90 Å². The molecule has 0 aliphatic rings. The number of nitrogens with two attached hydrogens (primary N) is 1. The van der Waals surface area contributed by atoms with Crippen LogP contribution in [0.5, 0.6) is 5.75 Å². The summed E-state index contributed by atoms with van der Waals surface area (Å²) in [6, 6.07) is 7.64. The number of rotatable bonds is 3. The van der Waals surface area contributed by atoms with E-state index in [1.54, 1.807) is 7.11 Å². The monoisotopic (exact) mass is 167 g/mol. The van der Waals surface area contributed by atoms with Gasteiger partial charge >= 0.3 is 0 Å². The van der Waals surface area contributed by atoms with Crippen LogP contribution in [0.3, 0.4) is 0 Å². The molecule has 0 spiro atoms. The zero-order valence-electron chi connectivity index (χ0n) is 7.28. The van der Waals surface area contributed by atoms with E-state index in [0.717, 1.165) is 11.3 Å². The van der Waals surface area contributed by atoms with Crippen LogP contribution in [-0.4, -0.2) is 7.11 Å². The molecule has 0 amide bonds. The molecule has 0 aliphatic heterocycles. The average molecular weight is 167 g/mol. The van der Waals surface area contributed by atoms with Crippen LogP contribution in [0.2, 0.25) is 0 Å². The molecule has 1 aromatic carbocycles. The fraction of sp³-hybridized carbons (Fsp3) is 0.333. The zero-order chi connectivity index (χ0) is 8.97. The van der Waals surface area contributed by atoms with Gasteiger partial charge in [0.05, 0.1) is 7.11 Å². The Bertz CT molecular complexity index is 250. The summed E-state index contributed by atoms with van der Waals surface area (Å²) in [4.78, 5) is 4.70. The highest BCUT2D eigenvalue weighted by molar-refractivity contribution is 5.34. The maximum Gasteiger partial charge on any atom is 0.124 e. The predicted octanol–water partition coefficient (Wildman–Crippen LogP) is 1.65. The van der Waals surface area contributed by atoms with Crippen LogP contribution in [0.25, 0.3) is 0 Å². The minimum absolute atomic E-state index is 0.138. The van der Waals surface area contributed by atoms with Gasteiger partial charge in [-0.2, -0.15) is 0 Å². The first-order valence-corrected chi connectivity index (χ1v) is 3.78. The van der Waals surface area contributed by atoms with Crippen molar-refractivity contribution in [3.8, 4) is 5.75 Å². The lowest BCUT2D eigenvalue weighted by atomic mass is 10.1. The molecule has 0 saturated carbocycles. The summed E-state index contributed by atoms with van der Waals surface area (Å²) in [5.41, 5.74) is 0.961. The van der Waals surface area contributed by atoms with E-state index in [0.29, 0.717) is 0 Å². The van der Waals surface area contributed by atoms with Gasteiger partial charge in [-0.3, -0.25) is 4.84 Å². The molecule has 0 fully saturated rings. The number of ether oxygens (including phenoxy) is 1. The Morgan fingerprint density at radius 3 is 2.58 bits per heavy atom. The molecule has 3 nitrogen and oxygen atoms in total. The quantitative estimate of drug-likeness (QED) is 0.696. The maximum atomic E-state index is 5.13. The second kappa shape index (κ2) is 4.09. The van der Waals surface area contributed by atoms with Crippen molar-refractivity contribution in [2.75, 3.05) is 7.11 Å². The molecule has 1 unspecified atom stereocenters. The molecule has 0 heterocycles. The zero-order valence-corrected chi connectivity index (χ0v) is 7.28. The van der Waals surface area contributed by atoms with E-state index in [4.69, 9.17) is 15.5 Å². The molecule has 0 bridgehead atoms. The van der Waals surface area contributed by atoms with E-state index in [-0.39, 0.29) is 6.10 Å². The molecule has 1 aromatic rings. The van der Waals surface area contributed by atoms with Crippen molar-refractivity contribution in [1.82, 2.24) is 0 Å². The summed E-state index contributed by atoms with van der Waals surface area (Å²) in [6.45, 7) is 1.87. The normalized spacial score (nSPS) is 12.6. The number of para-hydroxylation sites is 1. The molecular weight excluding hydrogens is 154 g/mol. The van der Waals surface area contributed by atoms with Gasteiger partial charge < -0.3 is 4.74 Å². The molecule has 66 valence electrons. The Hall–Kier alpha value is -1.06. The van der Waals surface area contributed by atoms with Gasteiger partial charge in [0.2, 0.25) is 0 Å². The minimum Gasteiger partial charge on any atom is -0.496 e. The molecule has 0 aliphatic carbocycles. The number of methoxy groups -OCH3 is 1. The van der Waals surface area contributed by atoms with Gasteiger partial charge in [0, 0.05) is 5.56 Å².